The van der Waals surface area contributed by atoms with Crippen LogP contribution in [0.15, 0.2) is 60.7 Å². The van der Waals surface area contributed by atoms with Crippen LogP contribution in [-0.4, -0.2) is 25.6 Å². The summed E-state index contributed by atoms with van der Waals surface area (Å²) >= 11 is 0. The molecule has 0 saturated carbocycles. The number of rotatable bonds is 10. The van der Waals surface area contributed by atoms with Crippen LogP contribution in [0.2, 0.25) is 0 Å². The van der Waals surface area contributed by atoms with E-state index in [4.69, 9.17) is 6.42 Å². The molecular formula is C26H24F2N4O3S. The van der Waals surface area contributed by atoms with Crippen molar-refractivity contribution in [1.82, 2.24) is 10.3 Å². The number of halogens is 2. The lowest BCUT2D eigenvalue weighted by molar-refractivity contribution is -0.116. The third-order valence-corrected chi connectivity index (χ3v) is 5.47. The van der Waals surface area contributed by atoms with Crippen LogP contribution < -0.4 is 15.4 Å². The first kappa shape index (κ1) is 26.4. The minimum Gasteiger partial charge on any atom is -0.365 e. The monoisotopic (exact) mass is 510 g/mol. The zero-order valence-electron chi connectivity index (χ0n) is 19.4. The van der Waals surface area contributed by atoms with E-state index in [1.54, 1.807) is 6.07 Å². The van der Waals surface area contributed by atoms with Crippen LogP contribution >= 0.6 is 0 Å². The fraction of sp³-hybridized carbons (Fsp3) is 0.154. The number of carbonyl (C=O) groups is 1. The van der Waals surface area contributed by atoms with Gasteiger partial charge in [0.05, 0.1) is 23.2 Å². The van der Waals surface area contributed by atoms with E-state index in [-0.39, 0.29) is 23.5 Å². The largest absolute Gasteiger partial charge is 0.365 e. The Hall–Kier alpha value is -4.23. The Bertz CT molecular complexity index is 1420. The third kappa shape index (κ3) is 7.65. The quantitative estimate of drug-likeness (QED) is 0.283. The number of anilines is 2. The van der Waals surface area contributed by atoms with Gasteiger partial charge in [0.2, 0.25) is 15.9 Å². The number of nitrogens with one attached hydrogen (secondary N) is 3. The van der Waals surface area contributed by atoms with Gasteiger partial charge < -0.3 is 10.6 Å². The van der Waals surface area contributed by atoms with E-state index < -0.39 is 28.4 Å². The van der Waals surface area contributed by atoms with Crippen molar-refractivity contribution in [2.45, 2.75) is 19.8 Å². The van der Waals surface area contributed by atoms with Gasteiger partial charge in [0.25, 0.3) is 0 Å². The fourth-order valence-corrected chi connectivity index (χ4v) is 3.80. The summed E-state index contributed by atoms with van der Waals surface area (Å²) in [5, 5.41) is 5.77. The van der Waals surface area contributed by atoms with Gasteiger partial charge in [-0.2, -0.15) is 0 Å². The third-order valence-electron chi connectivity index (χ3n) is 4.90. The lowest BCUT2D eigenvalue weighted by Crippen LogP contribution is -2.21. The van der Waals surface area contributed by atoms with Crippen molar-refractivity contribution in [3.8, 4) is 12.3 Å². The Morgan fingerprint density at radius 1 is 1.11 bits per heavy atom. The molecule has 0 radical (unpaired) electrons. The second kappa shape index (κ2) is 12.0. The van der Waals surface area contributed by atoms with E-state index in [2.05, 4.69) is 26.3 Å². The number of pyridine rings is 1. The molecule has 0 spiro atoms. The second-order valence-electron chi connectivity index (χ2n) is 7.78. The van der Waals surface area contributed by atoms with Crippen LogP contribution in [-0.2, 0) is 34.6 Å². The first-order chi connectivity index (χ1) is 17.2. The number of aromatic nitrogens is 1. The van der Waals surface area contributed by atoms with E-state index in [9.17, 15) is 22.0 Å². The maximum absolute atomic E-state index is 14.4. The molecule has 0 fully saturated rings. The normalized spacial score (nSPS) is 11.2. The lowest BCUT2D eigenvalue weighted by Gasteiger charge is -2.11. The van der Waals surface area contributed by atoms with Gasteiger partial charge in [0.1, 0.15) is 18.3 Å². The van der Waals surface area contributed by atoms with Crippen molar-refractivity contribution in [3.05, 3.63) is 94.4 Å². The lowest BCUT2D eigenvalue weighted by atomic mass is 10.1. The van der Waals surface area contributed by atoms with Crippen LogP contribution in [0, 0.1) is 18.2 Å². The molecule has 0 aliphatic rings. The first-order valence-electron chi connectivity index (χ1n) is 10.7. The topological polar surface area (TPSA) is 100 Å². The number of terminal acetylenes is 1. The molecule has 0 atom stereocenters. The molecule has 1 heterocycles. The molecule has 0 aliphatic heterocycles. The summed E-state index contributed by atoms with van der Waals surface area (Å²) in [4.78, 5) is 16.6. The summed E-state index contributed by atoms with van der Waals surface area (Å²) in [6, 6.07) is 15.3. The molecule has 3 rings (SSSR count). The number of hydrogen-bond acceptors (Lipinski definition) is 5. The number of benzene rings is 2. The van der Waals surface area contributed by atoms with E-state index in [0.29, 0.717) is 23.5 Å². The predicted molar refractivity (Wildman–Crippen MR) is 136 cm³/mol. The maximum atomic E-state index is 14.4. The van der Waals surface area contributed by atoms with E-state index in [1.807, 2.05) is 30.3 Å². The van der Waals surface area contributed by atoms with Gasteiger partial charge in [-0.15, -0.1) is 6.42 Å². The molecule has 3 N–H and O–H groups in total. The van der Waals surface area contributed by atoms with Crippen LogP contribution in [0.3, 0.4) is 0 Å². The molecule has 3 aromatic rings. The molecule has 1 aromatic heterocycles. The number of carbonyl (C=O) groups excluding carboxylic acids is 1. The van der Waals surface area contributed by atoms with E-state index in [1.165, 1.54) is 24.3 Å². The molecule has 36 heavy (non-hydrogen) atoms. The zero-order chi connectivity index (χ0) is 26.1. The number of nitrogens with zero attached hydrogens (tertiary/aromatic N) is 1. The Morgan fingerprint density at radius 3 is 2.53 bits per heavy atom. The summed E-state index contributed by atoms with van der Waals surface area (Å²) in [6.45, 7) is -0.310. The minimum atomic E-state index is -3.73. The van der Waals surface area contributed by atoms with Gasteiger partial charge in [-0.05, 0) is 41.5 Å². The standard InChI is InChI=1S/C26H24F2N4O3S/c1-3-20-13-19(14-23(28)25(20)32-36(2,34)35)17-29-24(33)12-10-21-9-11-22(15-27)31-26(21)30-16-18-7-5-4-6-8-18/h1,4-14,32H,15-17H2,2H3,(H,29,33)(H,30,31)/b12-10+. The van der Waals surface area contributed by atoms with Gasteiger partial charge >= 0.3 is 0 Å². The Balaban J connectivity index is 1.69. The van der Waals surface area contributed by atoms with Crippen molar-refractivity contribution in [2.75, 3.05) is 16.3 Å². The highest BCUT2D eigenvalue weighted by Crippen LogP contribution is 2.23. The molecule has 0 unspecified atom stereocenters. The SMILES string of the molecule is C#Cc1cc(CNC(=O)/C=C/c2ccc(CF)nc2NCc2ccccc2)cc(F)c1NS(C)(=O)=O. The van der Waals surface area contributed by atoms with Gasteiger partial charge in [-0.1, -0.05) is 36.3 Å². The van der Waals surface area contributed by atoms with E-state index in [0.717, 1.165) is 17.9 Å². The summed E-state index contributed by atoms with van der Waals surface area (Å²) in [5.74, 6) is 1.33. The maximum Gasteiger partial charge on any atom is 0.244 e. The van der Waals surface area contributed by atoms with Crippen LogP contribution in [0.1, 0.15) is 27.9 Å². The molecule has 7 nitrogen and oxygen atoms in total. The fourth-order valence-electron chi connectivity index (χ4n) is 3.22. The van der Waals surface area contributed by atoms with E-state index >= 15 is 0 Å². The van der Waals surface area contributed by atoms with Crippen LogP contribution in [0.4, 0.5) is 20.3 Å². The molecular weight excluding hydrogens is 486 g/mol. The summed E-state index contributed by atoms with van der Waals surface area (Å²) in [7, 11) is -3.73. The highest BCUT2D eigenvalue weighted by molar-refractivity contribution is 7.92. The molecule has 0 saturated heterocycles. The van der Waals surface area contributed by atoms with Crippen molar-refractivity contribution in [3.63, 3.8) is 0 Å². The average molecular weight is 511 g/mol. The molecule has 0 bridgehead atoms. The smallest absolute Gasteiger partial charge is 0.244 e. The summed E-state index contributed by atoms with van der Waals surface area (Å²) < 4.78 is 52.5. The van der Waals surface area contributed by atoms with Crippen molar-refractivity contribution in [2.24, 2.45) is 0 Å². The van der Waals surface area contributed by atoms with Crippen LogP contribution in [0.25, 0.3) is 6.08 Å². The summed E-state index contributed by atoms with van der Waals surface area (Å²) in [6.07, 6.45) is 9.08. The Kier molecular flexibility index (Phi) is 8.76. The molecule has 2 aromatic carbocycles. The summed E-state index contributed by atoms with van der Waals surface area (Å²) in [5.41, 5.74) is 1.87. The number of sulfonamides is 1. The predicted octanol–water partition coefficient (Wildman–Crippen LogP) is 3.98. The van der Waals surface area contributed by atoms with Gasteiger partial charge in [-0.25, -0.2) is 22.2 Å². The number of hydrogen-bond donors (Lipinski definition) is 3. The molecule has 0 aliphatic carbocycles. The highest BCUT2D eigenvalue weighted by Gasteiger charge is 2.14. The van der Waals surface area contributed by atoms with Crippen molar-refractivity contribution < 1.29 is 22.0 Å². The van der Waals surface area contributed by atoms with Crippen LogP contribution in [0.5, 0.6) is 0 Å². The van der Waals surface area contributed by atoms with Gasteiger partial charge in [0, 0.05) is 24.7 Å². The molecule has 186 valence electrons. The zero-order valence-corrected chi connectivity index (χ0v) is 20.2. The van der Waals surface area contributed by atoms with Gasteiger partial charge in [-0.3, -0.25) is 9.52 Å². The Labute approximate surface area is 208 Å². The first-order valence-corrected chi connectivity index (χ1v) is 12.6. The van der Waals surface area contributed by atoms with Crippen molar-refractivity contribution in [1.29, 1.82) is 0 Å². The van der Waals surface area contributed by atoms with Crippen molar-refractivity contribution >= 4 is 33.5 Å². The molecule has 10 heteroatoms. The molecule has 1 amide bonds. The highest BCUT2D eigenvalue weighted by atomic mass is 32.2. The average Bonchev–Trinajstić information content (AvgIpc) is 2.86. The Morgan fingerprint density at radius 2 is 1.86 bits per heavy atom. The number of amides is 1. The second-order valence-corrected chi connectivity index (χ2v) is 9.53. The number of alkyl halides is 1. The minimum absolute atomic E-state index is 0.00776. The van der Waals surface area contributed by atoms with Gasteiger partial charge in [0.15, 0.2) is 0 Å².